The van der Waals surface area contributed by atoms with E-state index in [2.05, 4.69) is 36.2 Å². The van der Waals surface area contributed by atoms with E-state index in [0.717, 1.165) is 0 Å². The predicted molar refractivity (Wildman–Crippen MR) is 113 cm³/mol. The highest BCUT2D eigenvalue weighted by Gasteiger charge is 2.06. The van der Waals surface area contributed by atoms with Crippen molar-refractivity contribution in [3.05, 3.63) is 85.6 Å². The summed E-state index contributed by atoms with van der Waals surface area (Å²) in [4.78, 5) is 24.6. The van der Waals surface area contributed by atoms with Crippen LogP contribution >= 0.6 is 0 Å². The van der Waals surface area contributed by atoms with Crippen LogP contribution in [0.1, 0.15) is 16.8 Å². The van der Waals surface area contributed by atoms with E-state index in [4.69, 9.17) is 0 Å². The molecule has 1 heterocycles. The Kier molecular flexibility index (Phi) is 6.47. The molecule has 3 aromatic rings. The van der Waals surface area contributed by atoms with E-state index in [1.165, 1.54) is 36.7 Å². The molecule has 0 fully saturated rings. The van der Waals surface area contributed by atoms with Crippen molar-refractivity contribution < 1.29 is 9.85 Å². The largest absolute Gasteiger partial charge is 0.269 e. The summed E-state index contributed by atoms with van der Waals surface area (Å²) in [5.41, 5.74) is 7.12. The standard InChI is InChI=1S/C18H15N9O4/c1-12-17(23-19-10-13-2-6-15(7-3-13)26(28)29)21-18(25-22-12)24-20-11-14-4-8-16(9-5-14)27(30)31/h2-11H,1H3,(H2,21,23,24,25). The van der Waals surface area contributed by atoms with Gasteiger partial charge in [0.25, 0.3) is 17.3 Å². The van der Waals surface area contributed by atoms with Crippen LogP contribution in [0.2, 0.25) is 0 Å². The SMILES string of the molecule is Cc1nnc(NN=Cc2ccc([N+](=O)[O-])cc2)nc1NN=Cc1ccc([N+](=O)[O-])cc1. The Balaban J connectivity index is 1.61. The van der Waals surface area contributed by atoms with Crippen LogP contribution in [0.4, 0.5) is 23.1 Å². The zero-order chi connectivity index (χ0) is 22.2. The molecule has 13 heteroatoms. The molecule has 0 unspecified atom stereocenters. The van der Waals surface area contributed by atoms with Gasteiger partial charge in [-0.05, 0) is 42.3 Å². The maximum atomic E-state index is 10.7. The van der Waals surface area contributed by atoms with Crippen molar-refractivity contribution in [3.8, 4) is 0 Å². The Morgan fingerprint density at radius 3 is 1.77 bits per heavy atom. The first-order chi connectivity index (χ1) is 14.9. The number of aromatic nitrogens is 3. The van der Waals surface area contributed by atoms with Crippen molar-refractivity contribution in [2.75, 3.05) is 10.9 Å². The molecule has 0 saturated heterocycles. The minimum Gasteiger partial charge on any atom is -0.260 e. The van der Waals surface area contributed by atoms with Gasteiger partial charge in [0.15, 0.2) is 5.82 Å². The second kappa shape index (κ2) is 9.60. The van der Waals surface area contributed by atoms with Gasteiger partial charge in [-0.25, -0.2) is 5.43 Å². The van der Waals surface area contributed by atoms with Crippen LogP contribution in [0.25, 0.3) is 0 Å². The predicted octanol–water partition coefficient (Wildman–Crippen LogP) is 2.89. The van der Waals surface area contributed by atoms with Gasteiger partial charge in [-0.2, -0.15) is 15.2 Å². The highest BCUT2D eigenvalue weighted by Crippen LogP contribution is 2.13. The van der Waals surface area contributed by atoms with E-state index in [1.54, 1.807) is 31.2 Å². The highest BCUT2D eigenvalue weighted by atomic mass is 16.6. The van der Waals surface area contributed by atoms with Gasteiger partial charge in [-0.1, -0.05) is 0 Å². The lowest BCUT2D eigenvalue weighted by Crippen LogP contribution is -2.05. The molecule has 0 amide bonds. The van der Waals surface area contributed by atoms with E-state index in [0.29, 0.717) is 22.6 Å². The summed E-state index contributed by atoms with van der Waals surface area (Å²) in [6.07, 6.45) is 2.93. The quantitative estimate of drug-likeness (QED) is 0.315. The van der Waals surface area contributed by atoms with Crippen LogP contribution in [-0.4, -0.2) is 37.5 Å². The van der Waals surface area contributed by atoms with Gasteiger partial charge >= 0.3 is 0 Å². The summed E-state index contributed by atoms with van der Waals surface area (Å²) >= 11 is 0. The van der Waals surface area contributed by atoms with E-state index in [9.17, 15) is 20.2 Å². The summed E-state index contributed by atoms with van der Waals surface area (Å²) in [5, 5.41) is 37.2. The van der Waals surface area contributed by atoms with E-state index >= 15 is 0 Å². The maximum Gasteiger partial charge on any atom is 0.269 e. The van der Waals surface area contributed by atoms with E-state index in [1.807, 2.05) is 0 Å². The number of non-ortho nitro benzene ring substituents is 2. The third-order valence-electron chi connectivity index (χ3n) is 3.83. The fourth-order valence-electron chi connectivity index (χ4n) is 2.23. The number of hydrogen-bond acceptors (Lipinski definition) is 11. The van der Waals surface area contributed by atoms with Crippen LogP contribution in [0, 0.1) is 27.2 Å². The first-order valence-electron chi connectivity index (χ1n) is 8.71. The Labute approximate surface area is 174 Å². The molecule has 0 atom stereocenters. The van der Waals surface area contributed by atoms with Gasteiger partial charge in [0, 0.05) is 24.3 Å². The Hall–Kier alpha value is -4.81. The van der Waals surface area contributed by atoms with Gasteiger partial charge in [0.05, 0.1) is 22.3 Å². The normalized spacial score (nSPS) is 11.0. The molecule has 156 valence electrons. The third kappa shape index (κ3) is 5.83. The summed E-state index contributed by atoms with van der Waals surface area (Å²) in [5.74, 6) is 0.443. The molecule has 2 aromatic carbocycles. The molecule has 0 bridgehead atoms. The number of benzene rings is 2. The number of nitrogens with one attached hydrogen (secondary N) is 2. The molecule has 1 aromatic heterocycles. The number of anilines is 2. The number of nitro groups is 2. The number of hydrazone groups is 2. The number of rotatable bonds is 8. The molecule has 0 aliphatic heterocycles. The number of hydrogen-bond donors (Lipinski definition) is 2. The first kappa shape index (κ1) is 20.9. The summed E-state index contributed by atoms with van der Waals surface area (Å²) in [7, 11) is 0. The van der Waals surface area contributed by atoms with Crippen LogP contribution in [0.15, 0.2) is 58.7 Å². The van der Waals surface area contributed by atoms with Crippen LogP contribution in [-0.2, 0) is 0 Å². The molecular weight excluding hydrogens is 406 g/mol. The number of nitrogens with zero attached hydrogens (tertiary/aromatic N) is 7. The van der Waals surface area contributed by atoms with Crippen molar-refractivity contribution in [2.24, 2.45) is 10.2 Å². The summed E-state index contributed by atoms with van der Waals surface area (Å²) in [6.45, 7) is 1.69. The number of nitro benzene ring substituents is 2. The minimum atomic E-state index is -0.483. The van der Waals surface area contributed by atoms with Gasteiger partial charge in [-0.3, -0.25) is 25.7 Å². The molecule has 13 nitrogen and oxygen atoms in total. The average Bonchev–Trinajstić information content (AvgIpc) is 2.76. The topological polar surface area (TPSA) is 174 Å². The van der Waals surface area contributed by atoms with Crippen molar-refractivity contribution in [1.29, 1.82) is 0 Å². The lowest BCUT2D eigenvalue weighted by Gasteiger charge is -2.04. The molecule has 2 N–H and O–H groups in total. The minimum absolute atomic E-state index is 0.00838. The van der Waals surface area contributed by atoms with Crippen LogP contribution in [0.5, 0.6) is 0 Å². The zero-order valence-corrected chi connectivity index (χ0v) is 16.0. The Bertz CT molecular complexity index is 1150. The summed E-state index contributed by atoms with van der Waals surface area (Å²) < 4.78 is 0. The Morgan fingerprint density at radius 1 is 0.806 bits per heavy atom. The maximum absolute atomic E-state index is 10.7. The second-order valence-electron chi connectivity index (χ2n) is 6.01. The third-order valence-corrected chi connectivity index (χ3v) is 3.83. The number of aryl methyl sites for hydroxylation is 1. The van der Waals surface area contributed by atoms with E-state index in [-0.39, 0.29) is 17.3 Å². The Morgan fingerprint density at radius 2 is 1.29 bits per heavy atom. The monoisotopic (exact) mass is 421 g/mol. The van der Waals surface area contributed by atoms with Gasteiger partial charge < -0.3 is 0 Å². The van der Waals surface area contributed by atoms with Crippen molar-refractivity contribution >= 4 is 35.6 Å². The molecule has 0 spiro atoms. The van der Waals surface area contributed by atoms with Crippen molar-refractivity contribution in [2.45, 2.75) is 6.92 Å². The fraction of sp³-hybridized carbons (Fsp3) is 0.0556. The lowest BCUT2D eigenvalue weighted by molar-refractivity contribution is -0.385. The molecule has 0 aliphatic carbocycles. The van der Waals surface area contributed by atoms with Gasteiger partial charge in [0.2, 0.25) is 0 Å². The molecule has 0 saturated carbocycles. The van der Waals surface area contributed by atoms with Crippen molar-refractivity contribution in [1.82, 2.24) is 15.2 Å². The smallest absolute Gasteiger partial charge is 0.260 e. The van der Waals surface area contributed by atoms with Crippen molar-refractivity contribution in [3.63, 3.8) is 0 Å². The zero-order valence-electron chi connectivity index (χ0n) is 16.0. The molecule has 0 radical (unpaired) electrons. The average molecular weight is 421 g/mol. The highest BCUT2D eigenvalue weighted by molar-refractivity contribution is 5.81. The van der Waals surface area contributed by atoms with Gasteiger partial charge in [0.1, 0.15) is 5.69 Å². The molecule has 3 rings (SSSR count). The lowest BCUT2D eigenvalue weighted by atomic mass is 10.2. The molecule has 31 heavy (non-hydrogen) atoms. The molecular formula is C18H15N9O4. The van der Waals surface area contributed by atoms with Crippen LogP contribution < -0.4 is 10.9 Å². The summed E-state index contributed by atoms with van der Waals surface area (Å²) in [6, 6.07) is 11.7. The fourth-order valence-corrected chi connectivity index (χ4v) is 2.23. The molecule has 0 aliphatic rings. The van der Waals surface area contributed by atoms with E-state index < -0.39 is 9.85 Å². The second-order valence-corrected chi connectivity index (χ2v) is 6.01. The first-order valence-corrected chi connectivity index (χ1v) is 8.71. The van der Waals surface area contributed by atoms with Gasteiger partial charge in [-0.15, -0.1) is 10.2 Å². The van der Waals surface area contributed by atoms with Crippen LogP contribution in [0.3, 0.4) is 0 Å².